The summed E-state index contributed by atoms with van der Waals surface area (Å²) >= 11 is 0. The summed E-state index contributed by atoms with van der Waals surface area (Å²) < 4.78 is 10.3. The molecule has 0 bridgehead atoms. The van der Waals surface area contributed by atoms with E-state index in [9.17, 15) is 4.79 Å². The molecule has 1 fully saturated rings. The predicted molar refractivity (Wildman–Crippen MR) is 59.6 cm³/mol. The molecule has 1 aromatic rings. The smallest absolute Gasteiger partial charge is 0.407 e. The Kier molecular flexibility index (Phi) is 3.29. The lowest BCUT2D eigenvalue weighted by Gasteiger charge is -2.10. The minimum Gasteiger partial charge on any atom is -0.496 e. The van der Waals surface area contributed by atoms with E-state index in [0.29, 0.717) is 6.54 Å². The van der Waals surface area contributed by atoms with Gasteiger partial charge in [0, 0.05) is 0 Å². The molecule has 1 atom stereocenters. The van der Waals surface area contributed by atoms with Crippen LogP contribution in [-0.4, -0.2) is 25.9 Å². The number of cyclic esters (lactones) is 1. The lowest BCUT2D eigenvalue weighted by molar-refractivity contribution is 0.136. The minimum absolute atomic E-state index is 0.0163. The van der Waals surface area contributed by atoms with Crippen LogP contribution in [0.15, 0.2) is 24.3 Å². The van der Waals surface area contributed by atoms with Gasteiger partial charge in [-0.3, -0.25) is 0 Å². The number of alkyl carbamates (subject to hydrolysis) is 1. The van der Waals surface area contributed by atoms with Crippen LogP contribution in [-0.2, 0) is 11.2 Å². The molecule has 0 aromatic heterocycles. The van der Waals surface area contributed by atoms with Crippen molar-refractivity contribution in [3.05, 3.63) is 29.8 Å². The quantitative estimate of drug-likeness (QED) is 0.842. The van der Waals surface area contributed by atoms with Crippen molar-refractivity contribution < 1.29 is 14.3 Å². The first kappa shape index (κ1) is 10.8. The third-order valence-corrected chi connectivity index (χ3v) is 2.68. The summed E-state index contributed by atoms with van der Waals surface area (Å²) in [5.74, 6) is 0.889. The van der Waals surface area contributed by atoms with Crippen LogP contribution >= 0.6 is 0 Å². The fourth-order valence-corrected chi connectivity index (χ4v) is 1.82. The Hall–Kier alpha value is -1.71. The number of benzene rings is 1. The van der Waals surface area contributed by atoms with Gasteiger partial charge in [-0.05, 0) is 24.5 Å². The molecule has 86 valence electrons. The van der Waals surface area contributed by atoms with Crippen LogP contribution < -0.4 is 10.1 Å². The summed E-state index contributed by atoms with van der Waals surface area (Å²) in [5, 5.41) is 2.64. The van der Waals surface area contributed by atoms with Crippen LogP contribution in [0.25, 0.3) is 0 Å². The highest BCUT2D eigenvalue weighted by molar-refractivity contribution is 5.69. The van der Waals surface area contributed by atoms with E-state index in [-0.39, 0.29) is 12.2 Å². The van der Waals surface area contributed by atoms with E-state index in [0.717, 1.165) is 24.2 Å². The molecule has 0 spiro atoms. The molecule has 4 heteroatoms. The second-order valence-corrected chi connectivity index (χ2v) is 3.76. The van der Waals surface area contributed by atoms with Gasteiger partial charge in [0.15, 0.2) is 0 Å². The van der Waals surface area contributed by atoms with Crippen molar-refractivity contribution in [1.82, 2.24) is 5.32 Å². The first-order valence-electron chi connectivity index (χ1n) is 5.36. The third-order valence-electron chi connectivity index (χ3n) is 2.68. The topological polar surface area (TPSA) is 47.6 Å². The summed E-state index contributed by atoms with van der Waals surface area (Å²) in [7, 11) is 1.66. The Balaban J connectivity index is 1.91. The molecule has 1 amide bonds. The van der Waals surface area contributed by atoms with Crippen LogP contribution in [0.2, 0.25) is 0 Å². The standard InChI is InChI=1S/C12H15NO3/c1-15-11-5-3-2-4-9(11)6-7-10-8-13-12(14)16-10/h2-5,10H,6-8H2,1H3,(H,13,14). The Morgan fingerprint density at radius 1 is 1.50 bits per heavy atom. The van der Waals surface area contributed by atoms with E-state index in [1.54, 1.807) is 7.11 Å². The number of rotatable bonds is 4. The van der Waals surface area contributed by atoms with Gasteiger partial charge in [-0.2, -0.15) is 0 Å². The van der Waals surface area contributed by atoms with Gasteiger partial charge in [0.05, 0.1) is 13.7 Å². The molecule has 0 saturated carbocycles. The number of carbonyl (C=O) groups excluding carboxylic acids is 1. The number of aryl methyl sites for hydroxylation is 1. The number of nitrogens with one attached hydrogen (secondary N) is 1. The summed E-state index contributed by atoms with van der Waals surface area (Å²) in [4.78, 5) is 10.8. The highest BCUT2D eigenvalue weighted by Crippen LogP contribution is 2.20. The molecule has 16 heavy (non-hydrogen) atoms. The van der Waals surface area contributed by atoms with Crippen molar-refractivity contribution in [3.63, 3.8) is 0 Å². The first-order chi connectivity index (χ1) is 7.79. The van der Waals surface area contributed by atoms with E-state index in [4.69, 9.17) is 9.47 Å². The molecule has 4 nitrogen and oxygen atoms in total. The van der Waals surface area contributed by atoms with E-state index < -0.39 is 0 Å². The lowest BCUT2D eigenvalue weighted by Crippen LogP contribution is -2.15. The number of carbonyl (C=O) groups is 1. The van der Waals surface area contributed by atoms with Crippen LogP contribution in [0.3, 0.4) is 0 Å². The van der Waals surface area contributed by atoms with Gasteiger partial charge in [-0.1, -0.05) is 18.2 Å². The van der Waals surface area contributed by atoms with Crippen molar-refractivity contribution in [2.24, 2.45) is 0 Å². The van der Waals surface area contributed by atoms with Gasteiger partial charge in [-0.25, -0.2) is 4.79 Å². The summed E-state index contributed by atoms with van der Waals surface area (Å²) in [6, 6.07) is 7.90. The number of ether oxygens (including phenoxy) is 2. The number of methoxy groups -OCH3 is 1. The SMILES string of the molecule is COc1ccccc1CCC1CNC(=O)O1. The normalized spacial score (nSPS) is 19.1. The molecule has 1 aliphatic heterocycles. The van der Waals surface area contributed by atoms with Crippen molar-refractivity contribution in [3.8, 4) is 5.75 Å². The van der Waals surface area contributed by atoms with Gasteiger partial charge in [0.25, 0.3) is 0 Å². The highest BCUT2D eigenvalue weighted by Gasteiger charge is 2.22. The number of amides is 1. The number of hydrogen-bond acceptors (Lipinski definition) is 3. The van der Waals surface area contributed by atoms with Crippen molar-refractivity contribution in [2.45, 2.75) is 18.9 Å². The maximum absolute atomic E-state index is 10.8. The molecule has 2 rings (SSSR count). The van der Waals surface area contributed by atoms with E-state index in [1.807, 2.05) is 24.3 Å². The van der Waals surface area contributed by atoms with Gasteiger partial charge in [-0.15, -0.1) is 0 Å². The molecule has 1 saturated heterocycles. The molecule has 1 aromatic carbocycles. The maximum Gasteiger partial charge on any atom is 0.407 e. The summed E-state index contributed by atoms with van der Waals surface area (Å²) in [6.07, 6.45) is 1.34. The van der Waals surface area contributed by atoms with Crippen LogP contribution in [0.4, 0.5) is 4.79 Å². The molecule has 0 aliphatic carbocycles. The number of para-hydroxylation sites is 1. The van der Waals surface area contributed by atoms with Gasteiger partial charge in [0.2, 0.25) is 0 Å². The Morgan fingerprint density at radius 2 is 2.31 bits per heavy atom. The fourth-order valence-electron chi connectivity index (χ4n) is 1.82. The third kappa shape index (κ3) is 2.45. The van der Waals surface area contributed by atoms with Crippen molar-refractivity contribution in [2.75, 3.05) is 13.7 Å². The molecule has 1 unspecified atom stereocenters. The van der Waals surface area contributed by atoms with Gasteiger partial charge in [0.1, 0.15) is 11.9 Å². The first-order valence-corrected chi connectivity index (χ1v) is 5.36. The van der Waals surface area contributed by atoms with Crippen LogP contribution in [0, 0.1) is 0 Å². The van der Waals surface area contributed by atoms with E-state index in [1.165, 1.54) is 0 Å². The van der Waals surface area contributed by atoms with Crippen LogP contribution in [0.1, 0.15) is 12.0 Å². The lowest BCUT2D eigenvalue weighted by atomic mass is 10.1. The zero-order valence-corrected chi connectivity index (χ0v) is 9.23. The zero-order valence-electron chi connectivity index (χ0n) is 9.23. The summed E-state index contributed by atoms with van der Waals surface area (Å²) in [6.45, 7) is 0.605. The van der Waals surface area contributed by atoms with Gasteiger partial charge < -0.3 is 14.8 Å². The number of hydrogen-bond donors (Lipinski definition) is 1. The Labute approximate surface area is 94.6 Å². The molecule has 1 aliphatic rings. The molecular weight excluding hydrogens is 206 g/mol. The van der Waals surface area contributed by atoms with Gasteiger partial charge >= 0.3 is 6.09 Å². The monoisotopic (exact) mass is 221 g/mol. The predicted octanol–water partition coefficient (Wildman–Crippen LogP) is 1.74. The Morgan fingerprint density at radius 3 is 3.00 bits per heavy atom. The Bertz CT molecular complexity index is 378. The van der Waals surface area contributed by atoms with Crippen LogP contribution in [0.5, 0.6) is 5.75 Å². The average Bonchev–Trinajstić information content (AvgIpc) is 2.73. The maximum atomic E-state index is 10.8. The van der Waals surface area contributed by atoms with Crippen molar-refractivity contribution in [1.29, 1.82) is 0 Å². The molecule has 0 radical (unpaired) electrons. The second kappa shape index (κ2) is 4.88. The molecular formula is C12H15NO3. The van der Waals surface area contributed by atoms with E-state index >= 15 is 0 Å². The second-order valence-electron chi connectivity index (χ2n) is 3.76. The fraction of sp³-hybridized carbons (Fsp3) is 0.417. The molecule has 1 heterocycles. The largest absolute Gasteiger partial charge is 0.496 e. The minimum atomic E-state index is -0.315. The summed E-state index contributed by atoms with van der Waals surface area (Å²) in [5.41, 5.74) is 1.15. The van der Waals surface area contributed by atoms with E-state index in [2.05, 4.69) is 5.32 Å². The zero-order chi connectivity index (χ0) is 11.4. The average molecular weight is 221 g/mol. The molecule has 1 N–H and O–H groups in total. The highest BCUT2D eigenvalue weighted by atomic mass is 16.6. The van der Waals surface area contributed by atoms with Crippen molar-refractivity contribution >= 4 is 6.09 Å².